The summed E-state index contributed by atoms with van der Waals surface area (Å²) >= 11 is 5.78. The summed E-state index contributed by atoms with van der Waals surface area (Å²) in [6.07, 6.45) is 3.86. The van der Waals surface area contributed by atoms with Crippen LogP contribution in [0.2, 0.25) is 0 Å². The highest BCUT2D eigenvalue weighted by Crippen LogP contribution is 2.13. The Morgan fingerprint density at radius 3 is 2.94 bits per heavy atom. The SMILES string of the molecule is Cn1cc(CNc2cccc(CCl)c2)cn1. The van der Waals surface area contributed by atoms with E-state index in [1.807, 2.05) is 37.6 Å². The lowest BCUT2D eigenvalue weighted by Crippen LogP contribution is -1.98. The lowest BCUT2D eigenvalue weighted by Gasteiger charge is -2.05. The Kier molecular flexibility index (Phi) is 3.47. The van der Waals surface area contributed by atoms with Crippen molar-refractivity contribution in [1.29, 1.82) is 0 Å². The molecule has 0 saturated heterocycles. The minimum Gasteiger partial charge on any atom is -0.381 e. The first kappa shape index (κ1) is 11.0. The number of anilines is 1. The van der Waals surface area contributed by atoms with Gasteiger partial charge in [-0.15, -0.1) is 11.6 Å². The number of hydrogen-bond acceptors (Lipinski definition) is 2. The molecule has 1 aromatic carbocycles. The molecule has 4 heteroatoms. The average molecular weight is 236 g/mol. The summed E-state index contributed by atoms with van der Waals surface area (Å²) in [6.45, 7) is 0.777. The molecule has 84 valence electrons. The number of benzene rings is 1. The Morgan fingerprint density at radius 2 is 2.25 bits per heavy atom. The maximum absolute atomic E-state index is 5.78. The van der Waals surface area contributed by atoms with Crippen molar-refractivity contribution in [3.8, 4) is 0 Å². The van der Waals surface area contributed by atoms with E-state index in [1.54, 1.807) is 4.68 Å². The van der Waals surface area contributed by atoms with Crippen molar-refractivity contribution in [2.45, 2.75) is 12.4 Å². The fourth-order valence-corrected chi connectivity index (χ4v) is 1.70. The zero-order valence-corrected chi connectivity index (χ0v) is 9.91. The van der Waals surface area contributed by atoms with Gasteiger partial charge >= 0.3 is 0 Å². The summed E-state index contributed by atoms with van der Waals surface area (Å²) < 4.78 is 1.80. The van der Waals surface area contributed by atoms with Crippen LogP contribution in [0.15, 0.2) is 36.7 Å². The number of alkyl halides is 1. The van der Waals surface area contributed by atoms with Crippen molar-refractivity contribution >= 4 is 17.3 Å². The van der Waals surface area contributed by atoms with E-state index >= 15 is 0 Å². The molecule has 0 spiro atoms. The first-order valence-corrected chi connectivity index (χ1v) is 5.67. The Labute approximate surface area is 100 Å². The summed E-state index contributed by atoms with van der Waals surface area (Å²) in [4.78, 5) is 0. The number of rotatable bonds is 4. The zero-order chi connectivity index (χ0) is 11.4. The lowest BCUT2D eigenvalue weighted by molar-refractivity contribution is 0.767. The third kappa shape index (κ3) is 2.76. The number of halogens is 1. The number of aromatic nitrogens is 2. The van der Waals surface area contributed by atoms with Crippen LogP contribution in [0.1, 0.15) is 11.1 Å². The lowest BCUT2D eigenvalue weighted by atomic mass is 10.2. The van der Waals surface area contributed by atoms with Crippen LogP contribution in [0.4, 0.5) is 5.69 Å². The van der Waals surface area contributed by atoms with Gasteiger partial charge in [0.1, 0.15) is 0 Å². The fourth-order valence-electron chi connectivity index (χ4n) is 1.53. The van der Waals surface area contributed by atoms with Gasteiger partial charge in [0.15, 0.2) is 0 Å². The van der Waals surface area contributed by atoms with E-state index < -0.39 is 0 Å². The van der Waals surface area contributed by atoms with E-state index in [4.69, 9.17) is 11.6 Å². The molecule has 0 aliphatic carbocycles. The fraction of sp³-hybridized carbons (Fsp3) is 0.250. The molecule has 0 amide bonds. The normalized spacial score (nSPS) is 10.4. The monoisotopic (exact) mass is 235 g/mol. The van der Waals surface area contributed by atoms with Crippen molar-refractivity contribution < 1.29 is 0 Å². The van der Waals surface area contributed by atoms with Crippen LogP contribution in [0.5, 0.6) is 0 Å². The summed E-state index contributed by atoms with van der Waals surface area (Å²) in [7, 11) is 1.91. The molecule has 0 bridgehead atoms. The third-order valence-electron chi connectivity index (χ3n) is 2.34. The molecule has 0 saturated carbocycles. The largest absolute Gasteiger partial charge is 0.381 e. The second kappa shape index (κ2) is 5.03. The predicted octanol–water partition coefficient (Wildman–Crippen LogP) is 2.77. The standard InChI is InChI=1S/C12H14ClN3/c1-16-9-11(8-15-16)7-14-12-4-2-3-10(5-12)6-13/h2-5,8-9,14H,6-7H2,1H3. The second-order valence-electron chi connectivity index (χ2n) is 3.71. The van der Waals surface area contributed by atoms with Gasteiger partial charge in [-0.2, -0.15) is 5.10 Å². The van der Waals surface area contributed by atoms with Crippen LogP contribution in [-0.2, 0) is 19.5 Å². The molecule has 2 aromatic rings. The van der Waals surface area contributed by atoms with Crippen LogP contribution in [-0.4, -0.2) is 9.78 Å². The van der Waals surface area contributed by atoms with Gasteiger partial charge in [0.25, 0.3) is 0 Å². The molecule has 0 aliphatic heterocycles. The average Bonchev–Trinajstić information content (AvgIpc) is 2.73. The van der Waals surface area contributed by atoms with Gasteiger partial charge in [-0.25, -0.2) is 0 Å². The number of hydrogen-bond donors (Lipinski definition) is 1. The molecule has 0 fully saturated rings. The highest BCUT2D eigenvalue weighted by Gasteiger charge is 1.97. The molecular formula is C12H14ClN3. The Hall–Kier alpha value is -1.48. The molecule has 0 aliphatic rings. The van der Waals surface area contributed by atoms with E-state index in [0.717, 1.165) is 17.8 Å². The number of aryl methyl sites for hydroxylation is 1. The molecule has 0 atom stereocenters. The predicted molar refractivity (Wildman–Crippen MR) is 66.5 cm³/mol. The molecule has 0 unspecified atom stereocenters. The first-order valence-electron chi connectivity index (χ1n) is 5.14. The van der Waals surface area contributed by atoms with Gasteiger partial charge in [-0.1, -0.05) is 12.1 Å². The quantitative estimate of drug-likeness (QED) is 0.826. The van der Waals surface area contributed by atoms with Gasteiger partial charge in [0.05, 0.1) is 6.20 Å². The third-order valence-corrected chi connectivity index (χ3v) is 2.64. The topological polar surface area (TPSA) is 29.9 Å². The summed E-state index contributed by atoms with van der Waals surface area (Å²) in [5, 5.41) is 7.46. The molecule has 2 rings (SSSR count). The minimum atomic E-state index is 0.544. The van der Waals surface area contributed by atoms with Crippen LogP contribution in [0.25, 0.3) is 0 Å². The van der Waals surface area contributed by atoms with Gasteiger partial charge in [0, 0.05) is 36.9 Å². The van der Waals surface area contributed by atoms with Crippen LogP contribution in [0, 0.1) is 0 Å². The van der Waals surface area contributed by atoms with E-state index in [1.165, 1.54) is 5.56 Å². The highest BCUT2D eigenvalue weighted by molar-refractivity contribution is 6.17. The molecular weight excluding hydrogens is 222 g/mol. The Bertz CT molecular complexity index is 465. The maximum atomic E-state index is 5.78. The van der Waals surface area contributed by atoms with Crippen LogP contribution >= 0.6 is 11.6 Å². The van der Waals surface area contributed by atoms with Crippen molar-refractivity contribution in [1.82, 2.24) is 9.78 Å². The highest BCUT2D eigenvalue weighted by atomic mass is 35.5. The maximum Gasteiger partial charge on any atom is 0.0539 e. The van der Waals surface area contributed by atoms with Gasteiger partial charge in [0.2, 0.25) is 0 Å². The second-order valence-corrected chi connectivity index (χ2v) is 3.98. The van der Waals surface area contributed by atoms with Gasteiger partial charge in [-0.3, -0.25) is 4.68 Å². The van der Waals surface area contributed by atoms with Crippen LogP contribution in [0.3, 0.4) is 0 Å². The van der Waals surface area contributed by atoms with Crippen molar-refractivity contribution in [2.24, 2.45) is 7.05 Å². The molecule has 1 aromatic heterocycles. The first-order chi connectivity index (χ1) is 7.78. The Balaban J connectivity index is 1.99. The molecule has 0 radical (unpaired) electrons. The smallest absolute Gasteiger partial charge is 0.0539 e. The molecule has 1 heterocycles. The minimum absolute atomic E-state index is 0.544. The van der Waals surface area contributed by atoms with Crippen LogP contribution < -0.4 is 5.32 Å². The number of nitrogens with zero attached hydrogens (tertiary/aromatic N) is 2. The zero-order valence-electron chi connectivity index (χ0n) is 9.15. The van der Waals surface area contributed by atoms with Crippen molar-refractivity contribution in [3.63, 3.8) is 0 Å². The summed E-state index contributed by atoms with van der Waals surface area (Å²) in [5.74, 6) is 0.544. The summed E-state index contributed by atoms with van der Waals surface area (Å²) in [5.41, 5.74) is 3.37. The molecule has 16 heavy (non-hydrogen) atoms. The molecule has 1 N–H and O–H groups in total. The van der Waals surface area contributed by atoms with Gasteiger partial charge < -0.3 is 5.32 Å². The van der Waals surface area contributed by atoms with E-state index in [0.29, 0.717) is 5.88 Å². The Morgan fingerprint density at radius 1 is 1.38 bits per heavy atom. The van der Waals surface area contributed by atoms with E-state index in [-0.39, 0.29) is 0 Å². The van der Waals surface area contributed by atoms with Crippen molar-refractivity contribution in [2.75, 3.05) is 5.32 Å². The van der Waals surface area contributed by atoms with Crippen molar-refractivity contribution in [3.05, 3.63) is 47.8 Å². The van der Waals surface area contributed by atoms with Gasteiger partial charge in [-0.05, 0) is 17.7 Å². The molecule has 3 nitrogen and oxygen atoms in total. The van der Waals surface area contributed by atoms with E-state index in [2.05, 4.69) is 16.5 Å². The summed E-state index contributed by atoms with van der Waals surface area (Å²) in [6, 6.07) is 8.11. The van der Waals surface area contributed by atoms with E-state index in [9.17, 15) is 0 Å². The number of nitrogens with one attached hydrogen (secondary N) is 1.